The minimum absolute atomic E-state index is 0. The van der Waals surface area contributed by atoms with Gasteiger partial charge in [-0.25, -0.2) is 0 Å². The van der Waals surface area contributed by atoms with E-state index in [1.165, 1.54) is 0 Å². The number of carboxylic acids is 2. The van der Waals surface area contributed by atoms with Gasteiger partial charge >= 0.3 is 29.0 Å². The molecule has 0 radical (unpaired) electrons. The maximum Gasteiger partial charge on any atom is 4.00 e. The van der Waals surface area contributed by atoms with Crippen molar-refractivity contribution in [1.29, 1.82) is 0 Å². The van der Waals surface area contributed by atoms with E-state index >= 15 is 0 Å². The van der Waals surface area contributed by atoms with Gasteiger partial charge in [0.25, 0.3) is 0 Å². The average molecular weight is 620 g/mol. The molecule has 3 aromatic heterocycles. The van der Waals surface area contributed by atoms with Gasteiger partial charge in [0.15, 0.2) is 0 Å². The van der Waals surface area contributed by atoms with Crippen molar-refractivity contribution in [2.75, 3.05) is 0 Å². The number of fused-ring (bicyclic) bond motifs is 8. The van der Waals surface area contributed by atoms with Crippen molar-refractivity contribution in [3.63, 3.8) is 0 Å². The molecular formula is C33H32FeN4O5. The van der Waals surface area contributed by atoms with Gasteiger partial charge in [-0.2, -0.15) is 0 Å². The Balaban J connectivity index is 0.00000423. The summed E-state index contributed by atoms with van der Waals surface area (Å²) in [7, 11) is 0. The van der Waals surface area contributed by atoms with E-state index in [0.717, 1.165) is 45.3 Å². The molecule has 2 aliphatic heterocycles. The van der Waals surface area contributed by atoms with Crippen LogP contribution >= 0.6 is 0 Å². The number of carbonyl (C=O) groups is 2. The number of nitrogens with zero attached hydrogens (tertiary/aromatic N) is 4. The summed E-state index contributed by atoms with van der Waals surface area (Å²) in [6.07, 6.45) is 10.7. The Kier molecular flexibility index (Phi) is 9.13. The molecule has 43 heavy (non-hydrogen) atoms. The number of hydrogen-bond donors (Lipinski definition) is 3. The molecule has 1 unspecified atom stereocenters. The Hall–Kier alpha value is -4.40. The number of aliphatic hydroxyl groups excluding tert-OH is 1. The van der Waals surface area contributed by atoms with Gasteiger partial charge in [-0.1, -0.05) is 63.8 Å². The molecule has 8 bridgehead atoms. The SMILES string of the molecule is C=CC1C2=Cc3[n-]c(c(CCC(=O)O)c3C)/C=c3\[n-]/c(c(C)c3CCC(=O)O)=C\c3[n-]c(/c(=C\O)c3C)=C\C(=C1C)[N-]2.[Fe+4]. The van der Waals surface area contributed by atoms with Crippen LogP contribution in [0.4, 0.5) is 0 Å². The fraction of sp³-hybridized carbons (Fsp3) is 0.273. The summed E-state index contributed by atoms with van der Waals surface area (Å²) in [5.41, 5.74) is 8.38. The molecule has 10 heteroatoms. The standard InChI is InChI=1S/C33H32N4O5.Fe/c1-6-20-16(2)26-13-31-23(15-38)19(5)25(37-31)11-24-17(3)21(7-9-32(39)40)29(35-24)14-30-22(8-10-33(41)42)18(4)27(36-30)12-28(20)34-26;/h6,11-15,20,38H,1,7-10H2,2-5H3,(H,39,40)(H,41,42);/q-4;+4/b23-15-,24-11-,28-12?,29-14-,31-13-;. The normalized spacial score (nSPS) is 18.3. The van der Waals surface area contributed by atoms with Crippen LogP contribution in [0, 0.1) is 26.7 Å². The smallest absolute Gasteiger partial charge is 0.661 e. The van der Waals surface area contributed by atoms with E-state index in [9.17, 15) is 24.9 Å². The zero-order chi connectivity index (χ0) is 30.3. The quantitative estimate of drug-likeness (QED) is 0.268. The average Bonchev–Trinajstić information content (AvgIpc) is 3.59. The van der Waals surface area contributed by atoms with Crippen molar-refractivity contribution in [3.8, 4) is 0 Å². The Morgan fingerprint density at radius 1 is 0.791 bits per heavy atom. The predicted octanol–water partition coefficient (Wildman–Crippen LogP) is 2.07. The summed E-state index contributed by atoms with van der Waals surface area (Å²) in [5, 5.41) is 36.2. The maximum atomic E-state index is 11.5. The molecule has 5 rings (SSSR count). The number of aromatic nitrogens is 3. The molecule has 222 valence electrons. The van der Waals surface area contributed by atoms with Crippen LogP contribution in [0.2, 0.25) is 0 Å². The molecule has 0 aliphatic carbocycles. The van der Waals surface area contributed by atoms with E-state index in [0.29, 0.717) is 44.0 Å². The molecule has 0 aromatic carbocycles. The van der Waals surface area contributed by atoms with Gasteiger partial charge in [-0.3, -0.25) is 9.59 Å². The van der Waals surface area contributed by atoms with Crippen LogP contribution < -0.4 is 36.2 Å². The van der Waals surface area contributed by atoms with Gasteiger partial charge in [0.1, 0.15) is 0 Å². The second-order valence-corrected chi connectivity index (χ2v) is 10.7. The van der Waals surface area contributed by atoms with Crippen LogP contribution in [0.25, 0.3) is 35.9 Å². The maximum absolute atomic E-state index is 11.5. The number of allylic oxidation sites excluding steroid dienone is 2. The second kappa shape index (κ2) is 12.5. The van der Waals surface area contributed by atoms with E-state index in [-0.39, 0.29) is 48.7 Å². The van der Waals surface area contributed by atoms with Crippen LogP contribution in [-0.4, -0.2) is 27.3 Å². The molecule has 5 heterocycles. The van der Waals surface area contributed by atoms with Crippen molar-refractivity contribution >= 4 is 42.5 Å². The van der Waals surface area contributed by atoms with Crippen LogP contribution in [0.5, 0.6) is 0 Å². The van der Waals surface area contributed by atoms with Crippen molar-refractivity contribution in [2.45, 2.75) is 53.4 Å². The van der Waals surface area contributed by atoms with Crippen LogP contribution in [0.1, 0.15) is 64.7 Å². The summed E-state index contributed by atoms with van der Waals surface area (Å²) in [6.45, 7) is 11.7. The zero-order valence-corrected chi connectivity index (χ0v) is 25.5. The van der Waals surface area contributed by atoms with E-state index < -0.39 is 11.9 Å². The summed E-state index contributed by atoms with van der Waals surface area (Å²) in [4.78, 5) is 37.6. The third kappa shape index (κ3) is 5.94. The van der Waals surface area contributed by atoms with Gasteiger partial charge in [0.05, 0.1) is 6.26 Å². The van der Waals surface area contributed by atoms with Crippen LogP contribution in [0.3, 0.4) is 0 Å². The third-order valence-electron chi connectivity index (χ3n) is 8.17. The second-order valence-electron chi connectivity index (χ2n) is 10.7. The summed E-state index contributed by atoms with van der Waals surface area (Å²) < 4.78 is 0. The molecule has 9 nitrogen and oxygen atoms in total. The number of carboxylic acid groups (broad SMARTS) is 2. The Bertz CT molecular complexity index is 1950. The summed E-state index contributed by atoms with van der Waals surface area (Å²) in [6, 6.07) is 0. The first-order valence-corrected chi connectivity index (χ1v) is 13.7. The fourth-order valence-corrected chi connectivity index (χ4v) is 5.66. The third-order valence-corrected chi connectivity index (χ3v) is 8.17. The van der Waals surface area contributed by atoms with E-state index in [1.807, 2.05) is 58.1 Å². The zero-order valence-electron chi connectivity index (χ0n) is 24.4. The molecule has 0 saturated heterocycles. The first-order valence-electron chi connectivity index (χ1n) is 13.7. The Morgan fingerprint density at radius 3 is 2.05 bits per heavy atom. The number of hydrogen-bond acceptors (Lipinski definition) is 3. The van der Waals surface area contributed by atoms with E-state index in [1.54, 1.807) is 0 Å². The van der Waals surface area contributed by atoms with Gasteiger partial charge in [0, 0.05) is 18.8 Å². The van der Waals surface area contributed by atoms with Crippen molar-refractivity contribution in [1.82, 2.24) is 15.0 Å². The van der Waals surface area contributed by atoms with Crippen molar-refractivity contribution < 1.29 is 42.0 Å². The van der Waals surface area contributed by atoms with Gasteiger partial charge in [0.2, 0.25) is 0 Å². The van der Waals surface area contributed by atoms with Gasteiger partial charge in [-0.15, -0.1) is 51.1 Å². The Morgan fingerprint density at radius 2 is 1.42 bits per heavy atom. The molecule has 0 spiro atoms. The van der Waals surface area contributed by atoms with Crippen LogP contribution in [-0.2, 0) is 39.5 Å². The fourth-order valence-electron chi connectivity index (χ4n) is 5.66. The first-order chi connectivity index (χ1) is 20.0. The topological polar surface area (TPSA) is 151 Å². The summed E-state index contributed by atoms with van der Waals surface area (Å²) >= 11 is 0. The number of aliphatic carboxylic acids is 2. The number of aliphatic hydroxyl groups is 1. The Labute approximate surface area is 259 Å². The van der Waals surface area contributed by atoms with Crippen LogP contribution in [0.15, 0.2) is 29.6 Å². The molecule has 0 saturated carbocycles. The van der Waals surface area contributed by atoms with Gasteiger partial charge < -0.3 is 35.6 Å². The van der Waals surface area contributed by atoms with Gasteiger partial charge in [-0.05, 0) is 45.8 Å². The molecular weight excluding hydrogens is 588 g/mol. The minimum atomic E-state index is -0.916. The molecule has 3 N–H and O–H groups in total. The molecule has 0 amide bonds. The summed E-state index contributed by atoms with van der Waals surface area (Å²) in [5.74, 6) is -1.98. The van der Waals surface area contributed by atoms with Crippen molar-refractivity contribution in [3.05, 3.63) is 101 Å². The molecule has 2 aliphatic rings. The number of rotatable bonds is 7. The molecule has 3 aromatic rings. The largest absolute Gasteiger partial charge is 4.00 e. The first kappa shape index (κ1) is 31.5. The monoisotopic (exact) mass is 620 g/mol. The molecule has 1 atom stereocenters. The minimum Gasteiger partial charge on any atom is -0.661 e. The predicted molar refractivity (Wildman–Crippen MR) is 160 cm³/mol. The van der Waals surface area contributed by atoms with E-state index in [2.05, 4.69) is 6.58 Å². The molecule has 0 fully saturated rings. The van der Waals surface area contributed by atoms with E-state index in [4.69, 9.17) is 20.3 Å². The van der Waals surface area contributed by atoms with Crippen molar-refractivity contribution in [2.24, 2.45) is 5.92 Å².